The number of rotatable bonds is 33. The Morgan fingerprint density at radius 3 is 1.38 bits per heavy atom. The van der Waals surface area contributed by atoms with Crippen LogP contribution in [0.25, 0.3) is 0 Å². The predicted octanol–water partition coefficient (Wildman–Crippen LogP) is 13.6. The van der Waals surface area contributed by atoms with Crippen molar-refractivity contribution in [2.75, 3.05) is 19.6 Å². The molecule has 40 heavy (non-hydrogen) atoms. The van der Waals surface area contributed by atoms with Gasteiger partial charge in [0, 0.05) is 0 Å². The Morgan fingerprint density at radius 2 is 0.850 bits per heavy atom. The highest BCUT2D eigenvalue weighted by atomic mass is 15.1. The molecule has 0 aromatic rings. The molecule has 0 spiro atoms. The molecule has 1 nitrogen and oxygen atoms in total. The molecular weight excluding hydrogens is 482 g/mol. The number of hydrogen-bond donors (Lipinski definition) is 0. The number of hydrogen-bond acceptors (Lipinski definition) is 1. The van der Waals surface area contributed by atoms with Gasteiger partial charge in [-0.15, -0.1) is 0 Å². The van der Waals surface area contributed by atoms with Gasteiger partial charge in [0.15, 0.2) is 0 Å². The first-order valence-corrected chi connectivity index (χ1v) is 18.6. The third-order valence-corrected chi connectivity index (χ3v) is 8.94. The Labute approximate surface area is 255 Å². The van der Waals surface area contributed by atoms with Gasteiger partial charge in [0.25, 0.3) is 0 Å². The quantitative estimate of drug-likeness (QED) is 0.0571. The first-order valence-electron chi connectivity index (χ1n) is 18.6. The second-order valence-electron chi connectivity index (χ2n) is 13.2. The summed E-state index contributed by atoms with van der Waals surface area (Å²) in [7, 11) is 0. The maximum Gasteiger partial charge on any atom is -0.00157 e. The van der Waals surface area contributed by atoms with Crippen LogP contribution in [0.2, 0.25) is 0 Å². The van der Waals surface area contributed by atoms with Crippen molar-refractivity contribution in [3.05, 3.63) is 24.3 Å². The van der Waals surface area contributed by atoms with Crippen molar-refractivity contribution in [2.45, 2.75) is 201 Å². The molecule has 0 unspecified atom stereocenters. The summed E-state index contributed by atoms with van der Waals surface area (Å²) in [6, 6.07) is 0. The molecule has 0 aliphatic carbocycles. The molecule has 1 heteroatoms. The summed E-state index contributed by atoms with van der Waals surface area (Å²) in [5.41, 5.74) is 3.03. The van der Waals surface area contributed by atoms with E-state index in [-0.39, 0.29) is 0 Å². The van der Waals surface area contributed by atoms with Gasteiger partial charge >= 0.3 is 0 Å². The predicted molar refractivity (Wildman–Crippen MR) is 186 cm³/mol. The van der Waals surface area contributed by atoms with E-state index in [9.17, 15) is 0 Å². The molecule has 0 N–H and O–H groups in total. The molecule has 238 valence electrons. The van der Waals surface area contributed by atoms with E-state index in [2.05, 4.69) is 45.8 Å². The lowest BCUT2D eigenvalue weighted by molar-refractivity contribution is 0.263. The third kappa shape index (κ3) is 27.6. The molecule has 0 aromatic heterocycles. The zero-order chi connectivity index (χ0) is 29.5. The second-order valence-corrected chi connectivity index (χ2v) is 13.2. The molecule has 0 amide bonds. The molecule has 0 aliphatic rings. The first kappa shape index (κ1) is 39.4. The molecule has 0 bridgehead atoms. The molecule has 0 radical (unpaired) electrons. The number of unbranched alkanes of at least 4 members (excludes halogenated alkanes) is 15. The molecule has 0 rings (SSSR count). The Kier molecular flexibility index (Phi) is 30.9. The Morgan fingerprint density at radius 1 is 0.425 bits per heavy atom. The zero-order valence-corrected chi connectivity index (χ0v) is 28.7. The van der Waals surface area contributed by atoms with E-state index in [1.807, 2.05) is 0 Å². The maximum atomic E-state index is 4.58. The Hall–Kier alpha value is -0.560. The summed E-state index contributed by atoms with van der Waals surface area (Å²) in [6.45, 7) is 22.0. The molecule has 0 fully saturated rings. The highest BCUT2D eigenvalue weighted by Crippen LogP contribution is 2.26. The van der Waals surface area contributed by atoms with Crippen molar-refractivity contribution in [3.8, 4) is 0 Å². The average molecular weight is 560 g/mol. The summed E-state index contributed by atoms with van der Waals surface area (Å²) >= 11 is 0. The Balaban J connectivity index is 4.25. The van der Waals surface area contributed by atoms with E-state index in [0.29, 0.717) is 0 Å². The van der Waals surface area contributed by atoms with Gasteiger partial charge < -0.3 is 4.90 Å². The minimum absolute atomic E-state index is 0.887. The summed E-state index contributed by atoms with van der Waals surface area (Å²) in [4.78, 5) is 2.73. The normalized spacial score (nSPS) is 11.7. The average Bonchev–Trinajstić information content (AvgIpc) is 2.94. The van der Waals surface area contributed by atoms with Gasteiger partial charge in [-0.25, -0.2) is 0 Å². The SMILES string of the molecule is C=C(CCCCCC)CCCCCN(CCC)CCCC(=C)CC(CCCCCCCC)CCCCCCCC. The molecular formula is C39H77N. The smallest absolute Gasteiger partial charge is 0.00157 e. The summed E-state index contributed by atoms with van der Waals surface area (Å²) < 4.78 is 0. The third-order valence-electron chi connectivity index (χ3n) is 8.94. The standard InChI is InChI=1S/C39H77N/c1-7-11-14-17-19-24-31-39(32-25-20-18-15-12-8-2)36-38(6)30-27-35-40(33-10-4)34-26-21-23-29-37(5)28-22-16-13-9-3/h39H,5-36H2,1-4H3. The van der Waals surface area contributed by atoms with Crippen molar-refractivity contribution in [1.82, 2.24) is 4.90 Å². The van der Waals surface area contributed by atoms with Gasteiger partial charge in [0.1, 0.15) is 0 Å². The minimum atomic E-state index is 0.887. The lowest BCUT2D eigenvalue weighted by atomic mass is 9.88. The van der Waals surface area contributed by atoms with Crippen LogP contribution in [-0.4, -0.2) is 24.5 Å². The fraction of sp³-hybridized carbons (Fsp3) is 0.897. The van der Waals surface area contributed by atoms with E-state index < -0.39 is 0 Å². The first-order chi connectivity index (χ1) is 19.6. The van der Waals surface area contributed by atoms with Gasteiger partial charge in [-0.05, 0) is 83.3 Å². The lowest BCUT2D eigenvalue weighted by Gasteiger charge is -2.23. The topological polar surface area (TPSA) is 3.24 Å². The lowest BCUT2D eigenvalue weighted by Crippen LogP contribution is -2.27. The van der Waals surface area contributed by atoms with Crippen LogP contribution in [0.3, 0.4) is 0 Å². The van der Waals surface area contributed by atoms with E-state index in [1.165, 1.54) is 204 Å². The van der Waals surface area contributed by atoms with Gasteiger partial charge in [-0.3, -0.25) is 0 Å². The summed E-state index contributed by atoms with van der Waals surface area (Å²) in [5, 5.41) is 0. The summed E-state index contributed by atoms with van der Waals surface area (Å²) in [6.07, 6.45) is 37.0. The highest BCUT2D eigenvalue weighted by Gasteiger charge is 2.12. The van der Waals surface area contributed by atoms with Crippen LogP contribution in [-0.2, 0) is 0 Å². The van der Waals surface area contributed by atoms with Crippen LogP contribution >= 0.6 is 0 Å². The number of allylic oxidation sites excluding steroid dienone is 2. The monoisotopic (exact) mass is 560 g/mol. The van der Waals surface area contributed by atoms with Crippen LogP contribution in [0.4, 0.5) is 0 Å². The van der Waals surface area contributed by atoms with Crippen LogP contribution in [0.5, 0.6) is 0 Å². The molecule has 0 saturated heterocycles. The van der Waals surface area contributed by atoms with Gasteiger partial charge in [-0.2, -0.15) is 0 Å². The second kappa shape index (κ2) is 31.4. The van der Waals surface area contributed by atoms with E-state index in [4.69, 9.17) is 0 Å². The number of nitrogens with zero attached hydrogens (tertiary/aromatic N) is 1. The van der Waals surface area contributed by atoms with E-state index >= 15 is 0 Å². The Bertz CT molecular complexity index is 519. The van der Waals surface area contributed by atoms with Crippen LogP contribution in [0, 0.1) is 5.92 Å². The molecule has 0 saturated carbocycles. The van der Waals surface area contributed by atoms with E-state index in [0.717, 1.165) is 5.92 Å². The maximum absolute atomic E-state index is 4.58. The van der Waals surface area contributed by atoms with Crippen molar-refractivity contribution in [2.24, 2.45) is 5.92 Å². The molecule has 0 aliphatic heterocycles. The van der Waals surface area contributed by atoms with E-state index in [1.54, 1.807) is 0 Å². The highest BCUT2D eigenvalue weighted by molar-refractivity contribution is 4.96. The van der Waals surface area contributed by atoms with Crippen molar-refractivity contribution >= 4 is 0 Å². The molecule has 0 heterocycles. The largest absolute Gasteiger partial charge is 0.303 e. The van der Waals surface area contributed by atoms with Crippen molar-refractivity contribution in [1.29, 1.82) is 0 Å². The molecule has 0 atom stereocenters. The molecule has 0 aromatic carbocycles. The zero-order valence-electron chi connectivity index (χ0n) is 28.7. The minimum Gasteiger partial charge on any atom is -0.303 e. The van der Waals surface area contributed by atoms with Gasteiger partial charge in [0.2, 0.25) is 0 Å². The van der Waals surface area contributed by atoms with Crippen molar-refractivity contribution in [3.63, 3.8) is 0 Å². The van der Waals surface area contributed by atoms with Crippen LogP contribution in [0.15, 0.2) is 24.3 Å². The van der Waals surface area contributed by atoms with Crippen LogP contribution < -0.4 is 0 Å². The fourth-order valence-electron chi connectivity index (χ4n) is 6.30. The van der Waals surface area contributed by atoms with Gasteiger partial charge in [-0.1, -0.05) is 168 Å². The van der Waals surface area contributed by atoms with Crippen molar-refractivity contribution < 1.29 is 0 Å². The van der Waals surface area contributed by atoms with Crippen LogP contribution in [0.1, 0.15) is 201 Å². The van der Waals surface area contributed by atoms with Gasteiger partial charge in [0.05, 0.1) is 0 Å². The summed E-state index contributed by atoms with van der Waals surface area (Å²) in [5.74, 6) is 0.887. The fourth-order valence-corrected chi connectivity index (χ4v) is 6.30.